The second-order valence-corrected chi connectivity index (χ2v) is 3.78. The molecule has 3 aromatic rings. The molecule has 1 heterocycles. The van der Waals surface area contributed by atoms with Gasteiger partial charge in [0.25, 0.3) is 0 Å². The summed E-state index contributed by atoms with van der Waals surface area (Å²) in [5.74, 6) is 0.341. The van der Waals surface area contributed by atoms with Crippen LogP contribution in [0.5, 0.6) is 0 Å². The van der Waals surface area contributed by atoms with E-state index in [1.165, 1.54) is 5.39 Å². The summed E-state index contributed by atoms with van der Waals surface area (Å²) >= 11 is 0. The van der Waals surface area contributed by atoms with Gasteiger partial charge in [-0.15, -0.1) is 0 Å². The van der Waals surface area contributed by atoms with Crippen LogP contribution in [0.15, 0.2) is 48.7 Å². The van der Waals surface area contributed by atoms with Crippen LogP contribution in [0, 0.1) is 0 Å². The number of nitrogens with zero attached hydrogens (tertiary/aromatic N) is 1. The third kappa shape index (κ3) is 1.64. The van der Waals surface area contributed by atoms with Gasteiger partial charge in [0.2, 0.25) is 5.95 Å². The summed E-state index contributed by atoms with van der Waals surface area (Å²) in [5.41, 5.74) is 3.94. The summed E-state index contributed by atoms with van der Waals surface area (Å²) < 4.78 is 0. The molecule has 0 atom stereocenters. The van der Waals surface area contributed by atoms with E-state index < -0.39 is 0 Å². The van der Waals surface area contributed by atoms with Crippen LogP contribution in [0.25, 0.3) is 22.0 Å². The van der Waals surface area contributed by atoms with E-state index in [0.29, 0.717) is 5.95 Å². The molecule has 0 amide bonds. The predicted molar refractivity (Wildman–Crippen MR) is 66.9 cm³/mol. The van der Waals surface area contributed by atoms with E-state index in [1.54, 1.807) is 6.20 Å². The number of imidazole rings is 1. The minimum Gasteiger partial charge on any atom is -0.322 e. The zero-order chi connectivity index (χ0) is 11.7. The van der Waals surface area contributed by atoms with Crippen molar-refractivity contribution >= 4 is 16.7 Å². The lowest BCUT2D eigenvalue weighted by molar-refractivity contribution is 0.383. The number of hydrogen-bond acceptors (Lipinski definition) is 3. The largest absolute Gasteiger partial charge is 0.322 e. The Morgan fingerprint density at radius 3 is 2.71 bits per heavy atom. The Kier molecular flexibility index (Phi) is 2.27. The van der Waals surface area contributed by atoms with Gasteiger partial charge in [0.15, 0.2) is 0 Å². The Labute approximate surface area is 97.9 Å². The van der Waals surface area contributed by atoms with Crippen molar-refractivity contribution < 1.29 is 5.21 Å². The molecule has 0 radical (unpaired) electrons. The molecule has 3 rings (SSSR count). The number of hydrogen-bond donors (Lipinski definition) is 3. The first kappa shape index (κ1) is 9.86. The molecule has 4 heteroatoms. The van der Waals surface area contributed by atoms with Crippen molar-refractivity contribution in [2.75, 3.05) is 5.48 Å². The van der Waals surface area contributed by atoms with Gasteiger partial charge in [0.1, 0.15) is 0 Å². The number of anilines is 1. The van der Waals surface area contributed by atoms with Crippen molar-refractivity contribution in [2.24, 2.45) is 0 Å². The van der Waals surface area contributed by atoms with Crippen LogP contribution in [0.1, 0.15) is 0 Å². The van der Waals surface area contributed by atoms with Crippen molar-refractivity contribution in [3.8, 4) is 11.3 Å². The monoisotopic (exact) mass is 225 g/mol. The van der Waals surface area contributed by atoms with Gasteiger partial charge < -0.3 is 4.98 Å². The van der Waals surface area contributed by atoms with Gasteiger partial charge in [-0.2, -0.15) is 0 Å². The van der Waals surface area contributed by atoms with Gasteiger partial charge in [-0.25, -0.2) is 10.5 Å². The number of aromatic nitrogens is 2. The summed E-state index contributed by atoms with van der Waals surface area (Å²) in [7, 11) is 0. The number of rotatable bonds is 2. The zero-order valence-corrected chi connectivity index (χ0v) is 9.01. The second-order valence-electron chi connectivity index (χ2n) is 3.78. The molecule has 0 aliphatic heterocycles. The Morgan fingerprint density at radius 2 is 1.88 bits per heavy atom. The number of aromatic amines is 1. The molecule has 0 fully saturated rings. The second kappa shape index (κ2) is 3.92. The quantitative estimate of drug-likeness (QED) is 0.587. The molecule has 0 spiro atoms. The number of fused-ring (bicyclic) bond motifs is 1. The topological polar surface area (TPSA) is 60.9 Å². The Morgan fingerprint density at radius 1 is 1.06 bits per heavy atom. The van der Waals surface area contributed by atoms with Gasteiger partial charge >= 0.3 is 0 Å². The molecule has 0 unspecified atom stereocenters. The number of nitrogens with one attached hydrogen (secondary N) is 2. The van der Waals surface area contributed by atoms with Crippen molar-refractivity contribution in [3.63, 3.8) is 0 Å². The van der Waals surface area contributed by atoms with Gasteiger partial charge in [0.05, 0.1) is 11.9 Å². The summed E-state index contributed by atoms with van der Waals surface area (Å²) in [6.45, 7) is 0. The van der Waals surface area contributed by atoms with Crippen LogP contribution >= 0.6 is 0 Å². The minimum absolute atomic E-state index is 0.341. The maximum absolute atomic E-state index is 8.77. The van der Waals surface area contributed by atoms with Crippen LogP contribution in [-0.4, -0.2) is 15.2 Å². The Balaban J connectivity index is 2.23. The Bertz CT molecular complexity index is 655. The zero-order valence-electron chi connectivity index (χ0n) is 9.01. The van der Waals surface area contributed by atoms with E-state index in [4.69, 9.17) is 5.21 Å². The number of benzene rings is 2. The van der Waals surface area contributed by atoms with Gasteiger partial charge in [0, 0.05) is 5.56 Å². The van der Waals surface area contributed by atoms with Crippen molar-refractivity contribution in [1.29, 1.82) is 0 Å². The highest BCUT2D eigenvalue weighted by molar-refractivity contribution is 5.95. The average Bonchev–Trinajstić information content (AvgIpc) is 2.87. The highest BCUT2D eigenvalue weighted by atomic mass is 16.5. The van der Waals surface area contributed by atoms with Crippen molar-refractivity contribution in [2.45, 2.75) is 0 Å². The molecule has 0 aliphatic rings. The minimum atomic E-state index is 0.341. The molecule has 0 saturated carbocycles. The van der Waals surface area contributed by atoms with Crippen molar-refractivity contribution in [3.05, 3.63) is 48.7 Å². The fraction of sp³-hybridized carbons (Fsp3) is 0. The molecule has 17 heavy (non-hydrogen) atoms. The van der Waals surface area contributed by atoms with E-state index >= 15 is 0 Å². The van der Waals surface area contributed by atoms with E-state index in [1.807, 2.05) is 29.7 Å². The van der Waals surface area contributed by atoms with Gasteiger partial charge in [-0.3, -0.25) is 5.21 Å². The fourth-order valence-electron chi connectivity index (χ4n) is 1.98. The van der Waals surface area contributed by atoms with Gasteiger partial charge in [-0.1, -0.05) is 42.5 Å². The van der Waals surface area contributed by atoms with Crippen LogP contribution in [-0.2, 0) is 0 Å². The summed E-state index contributed by atoms with van der Waals surface area (Å²) in [6.07, 6.45) is 1.69. The van der Waals surface area contributed by atoms with E-state index in [9.17, 15) is 0 Å². The average molecular weight is 225 g/mol. The summed E-state index contributed by atoms with van der Waals surface area (Å²) in [5, 5.41) is 11.1. The SMILES string of the molecule is ONc1ncc(-c2cccc3ccccc23)[nH]1. The third-order valence-electron chi connectivity index (χ3n) is 2.76. The molecular weight excluding hydrogens is 214 g/mol. The molecular formula is C13H11N3O. The fourth-order valence-corrected chi connectivity index (χ4v) is 1.98. The molecule has 0 bridgehead atoms. The molecule has 1 aromatic heterocycles. The number of H-pyrrole nitrogens is 1. The molecule has 84 valence electrons. The third-order valence-corrected chi connectivity index (χ3v) is 2.76. The lowest BCUT2D eigenvalue weighted by Crippen LogP contribution is -1.90. The molecule has 2 aromatic carbocycles. The molecule has 4 nitrogen and oxygen atoms in total. The van der Waals surface area contributed by atoms with Crippen LogP contribution in [0.3, 0.4) is 0 Å². The lowest BCUT2D eigenvalue weighted by atomic mass is 10.0. The smallest absolute Gasteiger partial charge is 0.224 e. The first-order valence-electron chi connectivity index (χ1n) is 5.32. The summed E-state index contributed by atoms with van der Waals surface area (Å²) in [4.78, 5) is 7.00. The van der Waals surface area contributed by atoms with Crippen LogP contribution < -0.4 is 5.48 Å². The molecule has 0 saturated heterocycles. The summed E-state index contributed by atoms with van der Waals surface area (Å²) in [6, 6.07) is 14.3. The molecule has 3 N–H and O–H groups in total. The van der Waals surface area contributed by atoms with E-state index in [0.717, 1.165) is 16.6 Å². The first-order valence-corrected chi connectivity index (χ1v) is 5.32. The molecule has 0 aliphatic carbocycles. The standard InChI is InChI=1S/C13H11N3O/c17-16-13-14-8-12(15-13)11-7-3-5-9-4-1-2-6-10(9)11/h1-8,17H,(H2,14,15,16). The van der Waals surface area contributed by atoms with Crippen LogP contribution in [0.4, 0.5) is 5.95 Å². The van der Waals surface area contributed by atoms with Crippen LogP contribution in [0.2, 0.25) is 0 Å². The van der Waals surface area contributed by atoms with E-state index in [2.05, 4.69) is 28.2 Å². The van der Waals surface area contributed by atoms with E-state index in [-0.39, 0.29) is 0 Å². The normalized spacial score (nSPS) is 10.6. The maximum atomic E-state index is 8.77. The maximum Gasteiger partial charge on any atom is 0.224 e. The Hall–Kier alpha value is -2.33. The predicted octanol–water partition coefficient (Wildman–Crippen LogP) is 3.03. The van der Waals surface area contributed by atoms with Crippen molar-refractivity contribution in [1.82, 2.24) is 9.97 Å². The highest BCUT2D eigenvalue weighted by Gasteiger charge is 2.05. The van der Waals surface area contributed by atoms with Gasteiger partial charge in [-0.05, 0) is 10.8 Å². The first-order chi connectivity index (χ1) is 8.38. The highest BCUT2D eigenvalue weighted by Crippen LogP contribution is 2.27. The lowest BCUT2D eigenvalue weighted by Gasteiger charge is -2.03.